The maximum absolute atomic E-state index is 11.3. The predicted molar refractivity (Wildman–Crippen MR) is 49.0 cm³/mol. The van der Waals surface area contributed by atoms with Gasteiger partial charge in [0.25, 0.3) is 5.91 Å². The normalized spacial score (nSPS) is 25.2. The molecule has 1 rings (SSSR count). The van der Waals surface area contributed by atoms with E-state index in [4.69, 9.17) is 0 Å². The molecule has 0 aromatic heterocycles. The summed E-state index contributed by atoms with van der Waals surface area (Å²) in [6.45, 7) is 4.35. The molecular weight excluding hydrogens is 168 g/mol. The van der Waals surface area contributed by atoms with Crippen LogP contribution in [0.2, 0.25) is 0 Å². The van der Waals surface area contributed by atoms with Gasteiger partial charge in [-0.15, -0.1) is 0 Å². The Balaban J connectivity index is 2.66. The molecule has 0 aromatic carbocycles. The standard InChI is InChI=1S/C9H14N2O2/c1-3-7(12)4-8-9(13)11-6(2)5-10-8/h4,6,10H,3,5H2,1-2H3,(H,11,13)/b8-4-/t6-/m1/s1. The molecule has 72 valence electrons. The average Bonchev–Trinajstić information content (AvgIpc) is 2.09. The van der Waals surface area contributed by atoms with Crippen LogP contribution in [0, 0.1) is 0 Å². The predicted octanol–water partition coefficient (Wildman–Crippen LogP) is -0.0427. The zero-order valence-corrected chi connectivity index (χ0v) is 7.89. The van der Waals surface area contributed by atoms with E-state index in [0.717, 1.165) is 0 Å². The zero-order valence-electron chi connectivity index (χ0n) is 7.89. The van der Waals surface area contributed by atoms with E-state index < -0.39 is 0 Å². The molecule has 4 nitrogen and oxygen atoms in total. The molecule has 1 heterocycles. The summed E-state index contributed by atoms with van der Waals surface area (Å²) in [5.74, 6) is -0.229. The minimum Gasteiger partial charge on any atom is -0.378 e. The molecule has 1 saturated heterocycles. The first-order chi connectivity index (χ1) is 6.13. The summed E-state index contributed by atoms with van der Waals surface area (Å²) < 4.78 is 0. The fourth-order valence-electron chi connectivity index (χ4n) is 1.08. The maximum Gasteiger partial charge on any atom is 0.267 e. The Labute approximate surface area is 77.4 Å². The van der Waals surface area contributed by atoms with Crippen LogP contribution in [0.3, 0.4) is 0 Å². The van der Waals surface area contributed by atoms with E-state index in [1.54, 1.807) is 6.92 Å². The number of rotatable bonds is 2. The van der Waals surface area contributed by atoms with Gasteiger partial charge in [0.05, 0.1) is 0 Å². The van der Waals surface area contributed by atoms with Gasteiger partial charge in [-0.2, -0.15) is 0 Å². The van der Waals surface area contributed by atoms with Gasteiger partial charge in [-0.1, -0.05) is 6.92 Å². The van der Waals surface area contributed by atoms with Crippen molar-refractivity contribution in [1.82, 2.24) is 10.6 Å². The molecule has 1 aliphatic rings. The van der Waals surface area contributed by atoms with Crippen molar-refractivity contribution in [3.8, 4) is 0 Å². The van der Waals surface area contributed by atoms with Gasteiger partial charge >= 0.3 is 0 Å². The van der Waals surface area contributed by atoms with Crippen molar-refractivity contribution in [2.75, 3.05) is 6.54 Å². The first kappa shape index (κ1) is 9.77. The van der Waals surface area contributed by atoms with Crippen LogP contribution in [-0.2, 0) is 9.59 Å². The average molecular weight is 182 g/mol. The quantitative estimate of drug-likeness (QED) is 0.589. The van der Waals surface area contributed by atoms with E-state index in [9.17, 15) is 9.59 Å². The van der Waals surface area contributed by atoms with E-state index in [1.165, 1.54) is 6.08 Å². The van der Waals surface area contributed by atoms with E-state index in [1.807, 2.05) is 6.92 Å². The van der Waals surface area contributed by atoms with Crippen LogP contribution in [0.25, 0.3) is 0 Å². The minimum atomic E-state index is -0.194. The SMILES string of the molecule is CCC(=O)/C=C1\NC[C@@H](C)NC1=O. The number of nitrogens with one attached hydrogen (secondary N) is 2. The highest BCUT2D eigenvalue weighted by Crippen LogP contribution is 1.99. The monoisotopic (exact) mass is 182 g/mol. The van der Waals surface area contributed by atoms with Crippen LogP contribution in [-0.4, -0.2) is 24.3 Å². The molecule has 0 aliphatic carbocycles. The van der Waals surface area contributed by atoms with Gasteiger partial charge in [0, 0.05) is 25.1 Å². The number of amides is 1. The Morgan fingerprint density at radius 2 is 2.38 bits per heavy atom. The molecule has 1 amide bonds. The van der Waals surface area contributed by atoms with Crippen molar-refractivity contribution in [1.29, 1.82) is 0 Å². The van der Waals surface area contributed by atoms with Crippen LogP contribution < -0.4 is 10.6 Å². The topological polar surface area (TPSA) is 58.2 Å². The maximum atomic E-state index is 11.3. The van der Waals surface area contributed by atoms with Gasteiger partial charge in [-0.3, -0.25) is 9.59 Å². The Bertz CT molecular complexity index is 258. The third-order valence-electron chi connectivity index (χ3n) is 1.87. The van der Waals surface area contributed by atoms with Crippen LogP contribution >= 0.6 is 0 Å². The lowest BCUT2D eigenvalue weighted by Crippen LogP contribution is -2.49. The first-order valence-electron chi connectivity index (χ1n) is 4.42. The molecule has 2 N–H and O–H groups in total. The van der Waals surface area contributed by atoms with Crippen molar-refractivity contribution >= 4 is 11.7 Å². The number of hydrogen-bond donors (Lipinski definition) is 2. The van der Waals surface area contributed by atoms with Gasteiger partial charge in [0.2, 0.25) is 0 Å². The Hall–Kier alpha value is -1.32. The second-order valence-electron chi connectivity index (χ2n) is 3.13. The summed E-state index contributed by atoms with van der Waals surface area (Å²) in [4.78, 5) is 22.3. The smallest absolute Gasteiger partial charge is 0.267 e. The molecule has 13 heavy (non-hydrogen) atoms. The second-order valence-corrected chi connectivity index (χ2v) is 3.13. The number of ketones is 1. The summed E-state index contributed by atoms with van der Waals surface area (Å²) in [6, 6.07) is 0.126. The highest BCUT2D eigenvalue weighted by atomic mass is 16.2. The lowest BCUT2D eigenvalue weighted by Gasteiger charge is -2.23. The van der Waals surface area contributed by atoms with E-state index in [0.29, 0.717) is 18.7 Å². The Kier molecular flexibility index (Phi) is 3.06. The third kappa shape index (κ3) is 2.57. The Morgan fingerprint density at radius 3 is 2.92 bits per heavy atom. The van der Waals surface area contributed by atoms with Gasteiger partial charge in [-0.05, 0) is 6.92 Å². The Morgan fingerprint density at radius 1 is 1.69 bits per heavy atom. The fourth-order valence-corrected chi connectivity index (χ4v) is 1.08. The summed E-state index contributed by atoms with van der Waals surface area (Å²) in [5, 5.41) is 5.65. The highest BCUT2D eigenvalue weighted by Gasteiger charge is 2.18. The molecular formula is C9H14N2O2. The summed E-state index contributed by atoms with van der Waals surface area (Å²) in [7, 11) is 0. The summed E-state index contributed by atoms with van der Waals surface area (Å²) >= 11 is 0. The van der Waals surface area contributed by atoms with Crippen LogP contribution in [0.5, 0.6) is 0 Å². The first-order valence-corrected chi connectivity index (χ1v) is 4.42. The van der Waals surface area contributed by atoms with E-state index >= 15 is 0 Å². The molecule has 0 bridgehead atoms. The van der Waals surface area contributed by atoms with Crippen molar-refractivity contribution in [3.05, 3.63) is 11.8 Å². The van der Waals surface area contributed by atoms with Crippen LogP contribution in [0.1, 0.15) is 20.3 Å². The molecule has 1 atom stereocenters. The number of allylic oxidation sites excluding steroid dienone is 1. The van der Waals surface area contributed by atoms with Crippen molar-refractivity contribution in [2.24, 2.45) is 0 Å². The zero-order chi connectivity index (χ0) is 9.84. The number of carbonyl (C=O) groups excluding carboxylic acids is 2. The van der Waals surface area contributed by atoms with Gasteiger partial charge in [0.1, 0.15) is 5.70 Å². The van der Waals surface area contributed by atoms with Crippen molar-refractivity contribution in [3.63, 3.8) is 0 Å². The molecule has 1 aliphatic heterocycles. The van der Waals surface area contributed by atoms with Gasteiger partial charge in [0.15, 0.2) is 5.78 Å². The van der Waals surface area contributed by atoms with Crippen LogP contribution in [0.15, 0.2) is 11.8 Å². The number of hydrogen-bond acceptors (Lipinski definition) is 3. The lowest BCUT2D eigenvalue weighted by atomic mass is 10.2. The van der Waals surface area contributed by atoms with E-state index in [-0.39, 0.29) is 17.7 Å². The summed E-state index contributed by atoms with van der Waals surface area (Å²) in [5.41, 5.74) is 0.380. The fraction of sp³-hybridized carbons (Fsp3) is 0.556. The van der Waals surface area contributed by atoms with E-state index in [2.05, 4.69) is 10.6 Å². The molecule has 1 fully saturated rings. The lowest BCUT2D eigenvalue weighted by molar-refractivity contribution is -0.120. The largest absolute Gasteiger partial charge is 0.378 e. The third-order valence-corrected chi connectivity index (χ3v) is 1.87. The van der Waals surface area contributed by atoms with Crippen molar-refractivity contribution < 1.29 is 9.59 Å². The van der Waals surface area contributed by atoms with Gasteiger partial charge < -0.3 is 10.6 Å². The highest BCUT2D eigenvalue weighted by molar-refractivity contribution is 6.01. The molecule has 0 spiro atoms. The van der Waals surface area contributed by atoms with Crippen LogP contribution in [0.4, 0.5) is 0 Å². The molecule has 0 unspecified atom stereocenters. The number of piperazine rings is 1. The molecule has 4 heteroatoms. The molecule has 0 aromatic rings. The van der Waals surface area contributed by atoms with Crippen molar-refractivity contribution in [2.45, 2.75) is 26.3 Å². The summed E-state index contributed by atoms with van der Waals surface area (Å²) in [6.07, 6.45) is 1.79. The molecule has 0 radical (unpaired) electrons. The number of carbonyl (C=O) groups is 2. The second kappa shape index (κ2) is 4.07. The molecule has 0 saturated carbocycles. The van der Waals surface area contributed by atoms with Gasteiger partial charge in [-0.25, -0.2) is 0 Å². The minimum absolute atomic E-state index is 0.0350.